The number of fused-ring (bicyclic) bond motifs is 12. The molecule has 0 saturated heterocycles. The Kier molecular flexibility index (Phi) is 10.4. The molecule has 5 nitrogen and oxygen atoms in total. The molecule has 0 saturated carbocycles. The normalized spacial score (nSPS) is 20.6. The van der Waals surface area contributed by atoms with Crippen LogP contribution in [0.15, 0.2) is 176 Å². The van der Waals surface area contributed by atoms with E-state index in [9.17, 15) is 17.8 Å². The van der Waals surface area contributed by atoms with Crippen molar-refractivity contribution in [3.05, 3.63) is 233 Å². The first-order chi connectivity index (χ1) is 51.7. The Morgan fingerprint density at radius 2 is 1.12 bits per heavy atom. The van der Waals surface area contributed by atoms with Crippen molar-refractivity contribution in [2.45, 2.75) is 181 Å². The zero-order chi connectivity index (χ0) is 81.5. The Bertz CT molecular complexity index is 5890. The summed E-state index contributed by atoms with van der Waals surface area (Å²) in [6.07, 6.45) is -1.65. The van der Waals surface area contributed by atoms with Gasteiger partial charge < -0.3 is 13.9 Å². The minimum absolute atomic E-state index is 0. The molecule has 12 aromatic rings. The van der Waals surface area contributed by atoms with Crippen molar-refractivity contribution in [3.63, 3.8) is 0 Å². The smallest absolute Gasteiger partial charge is 0.268 e. The molecule has 15 rings (SSSR count). The summed E-state index contributed by atoms with van der Waals surface area (Å²) in [5.41, 5.74) is 0.544. The van der Waals surface area contributed by atoms with Crippen LogP contribution < -0.4 is 9.30 Å². The molecule has 9 aromatic carbocycles. The molecule has 4 heterocycles. The van der Waals surface area contributed by atoms with Gasteiger partial charge in [-0.1, -0.05) is 232 Å². The van der Waals surface area contributed by atoms with Gasteiger partial charge in [-0.15, -0.1) is 29.7 Å². The van der Waals surface area contributed by atoms with Crippen molar-refractivity contribution in [1.82, 2.24) is 14.1 Å². The Morgan fingerprint density at radius 1 is 0.511 bits per heavy atom. The van der Waals surface area contributed by atoms with Gasteiger partial charge in [0, 0.05) is 66.2 Å². The molecule has 0 radical (unpaired) electrons. The third kappa shape index (κ3) is 10.5. The number of pyridine rings is 1. The maximum Gasteiger partial charge on any atom is 0.268 e. The molecule has 0 N–H and O–H groups in total. The van der Waals surface area contributed by atoms with E-state index in [-0.39, 0.29) is 65.0 Å². The molecule has 0 bridgehead atoms. The van der Waals surface area contributed by atoms with Crippen molar-refractivity contribution in [3.8, 4) is 84.3 Å². The zero-order valence-corrected chi connectivity index (χ0v) is 57.7. The molecule has 0 amide bonds. The number of benzene rings is 9. The summed E-state index contributed by atoms with van der Waals surface area (Å²) >= 11 is 0. The molecule has 478 valence electrons. The molecule has 2 aliphatic carbocycles. The van der Waals surface area contributed by atoms with Crippen molar-refractivity contribution in [2.75, 3.05) is 0 Å². The number of nitrogens with zero attached hydrogens (tertiary/aromatic N) is 4. The first kappa shape index (κ1) is 44.5. The second kappa shape index (κ2) is 22.0. The predicted octanol–water partition coefficient (Wildman–Crippen LogP) is 22.8. The number of para-hydroxylation sites is 2. The van der Waals surface area contributed by atoms with E-state index in [1.807, 2.05) is 65.2 Å². The van der Waals surface area contributed by atoms with Gasteiger partial charge in [0.1, 0.15) is 5.82 Å². The average Bonchev–Trinajstić information content (AvgIpc) is 1.08. The van der Waals surface area contributed by atoms with Crippen LogP contribution in [0.3, 0.4) is 0 Å². The first-order valence-corrected chi connectivity index (χ1v) is 32.2. The molecule has 0 atom stereocenters. The van der Waals surface area contributed by atoms with Crippen molar-refractivity contribution >= 4 is 32.8 Å². The minimum atomic E-state index is -4.55. The molecule has 3 aliphatic rings. The fourth-order valence-corrected chi connectivity index (χ4v) is 14.2. The number of rotatable bonds is 6. The first-order valence-electron chi connectivity index (χ1n) is 41.7. The van der Waals surface area contributed by atoms with E-state index in [0.717, 1.165) is 84.8 Å². The number of ether oxygens (including phenoxy) is 1. The molecule has 0 spiro atoms. The topological polar surface area (TPSA) is 35.9 Å². The average molecular weight is 1430 g/mol. The summed E-state index contributed by atoms with van der Waals surface area (Å²) in [7, 11) is 0. The van der Waals surface area contributed by atoms with Crippen molar-refractivity contribution in [2.24, 2.45) is 0 Å². The molecule has 3 aromatic heterocycles. The van der Waals surface area contributed by atoms with Crippen LogP contribution in [0.2, 0.25) is 0 Å². The number of aromatic nitrogens is 4. The number of hydrogen-bond donors (Lipinski definition) is 0. The molecule has 6 heteroatoms. The van der Waals surface area contributed by atoms with Crippen LogP contribution in [-0.4, -0.2) is 14.1 Å². The monoisotopic (exact) mass is 1430 g/mol. The fraction of sp³-hybridized carbons (Fsp3) is 0.318. The predicted molar refractivity (Wildman–Crippen MR) is 387 cm³/mol. The van der Waals surface area contributed by atoms with Gasteiger partial charge in [0.2, 0.25) is 0 Å². The summed E-state index contributed by atoms with van der Waals surface area (Å²) in [6.45, 7) is 11.5. The third-order valence-corrected chi connectivity index (χ3v) is 19.7. The molecule has 1 aliphatic heterocycles. The number of hydrogen-bond acceptors (Lipinski definition) is 2. The van der Waals surface area contributed by atoms with Gasteiger partial charge in [0.25, 0.3) is 6.33 Å². The van der Waals surface area contributed by atoms with E-state index in [2.05, 4.69) is 174 Å². The molecule has 0 fully saturated rings. The summed E-state index contributed by atoms with van der Waals surface area (Å²) in [4.78, 5) is 4.89. The van der Waals surface area contributed by atoms with Crippen LogP contribution in [0.4, 0.5) is 0 Å². The SMILES string of the molecule is [2H]c1c([2H])c2c(c([2H])c1-c1cc3c4c(c1)n(-c1[c-]c(Oc5[c-]c6c(cc5)c5ccccc5n6-c5cc(C(C)(C)C)ccn5)ccc1)[c-][n+]4-c1c(-c4cc(C(C)(C)C)cc(C(C)(C)C)c4)cccc1-c1cc4c(cc1-c1ccccc1-3)C(C)(C)CCC4(C)C)C(C([2H])([2H])[2H])(C([2H])([2H])[2H])C([2H])([2H])C([2H])([2H])C2(C([2H])([2H])[2H])C([2H])([2H])[2H].[Pt]. The Hall–Kier alpha value is -8.11. The van der Waals surface area contributed by atoms with Gasteiger partial charge in [0.15, 0.2) is 0 Å². The molecule has 94 heavy (non-hydrogen) atoms. The largest absolute Gasteiger partial charge is 0.510 e. The summed E-state index contributed by atoms with van der Waals surface area (Å²) < 4.78 is 192. The van der Waals surface area contributed by atoms with Crippen molar-refractivity contribution in [1.29, 1.82) is 0 Å². The van der Waals surface area contributed by atoms with Gasteiger partial charge in [-0.05, 0) is 199 Å². The second-order valence-corrected chi connectivity index (χ2v) is 30.3. The van der Waals surface area contributed by atoms with Crippen LogP contribution >= 0.6 is 0 Å². The van der Waals surface area contributed by atoms with Gasteiger partial charge in [-0.2, -0.15) is 18.2 Å². The van der Waals surface area contributed by atoms with E-state index >= 15 is 0 Å². The van der Waals surface area contributed by atoms with Gasteiger partial charge in [-0.25, -0.2) is 4.98 Å². The molecular weight excluding hydrogens is 1320 g/mol. The minimum Gasteiger partial charge on any atom is -0.510 e. The quantitative estimate of drug-likeness (QED) is 0.123. The van der Waals surface area contributed by atoms with Crippen LogP contribution in [0.1, 0.15) is 208 Å². The maximum absolute atomic E-state index is 10.6. The summed E-state index contributed by atoms with van der Waals surface area (Å²) in [5, 5.41) is 1.87. The van der Waals surface area contributed by atoms with E-state index < -0.39 is 85.8 Å². The van der Waals surface area contributed by atoms with Crippen LogP contribution in [0.25, 0.3) is 106 Å². The van der Waals surface area contributed by atoms with Gasteiger partial charge >= 0.3 is 0 Å². The molecule has 0 unspecified atom stereocenters. The fourth-order valence-electron chi connectivity index (χ4n) is 14.2. The Morgan fingerprint density at radius 3 is 1.80 bits per heavy atom. The standard InChI is InChI=1S/C88H88N4O.Pt/c1-82(2,3)57-36-41-89-79(48-57)92-76-31-21-20-28-66(76)67-34-33-62(50-77(67)92)93-61-25-22-24-60(49-61)90-53-91-80-63(56-42-58(83(4,5)6)47-59(43-56)84(7,8)9)29-23-30-68(80)70-52-75-74(87(14,15)39-40-88(75,16)17)51-69(70)64-26-18-19-27-65(64)71-44-55(46-78(90)81(71)91)54-32-35-72-73(45-54)86(12,13)38-37-85(72,10)11;/h18-36,41-48,51-52H,37-40H2,1-17H3;/q-2;/i10D3,11D3,12D3,13D3,32D,35D,37D2,38D2,45D;. The van der Waals surface area contributed by atoms with Crippen LogP contribution in [0.5, 0.6) is 11.5 Å². The van der Waals surface area contributed by atoms with E-state index in [0.29, 0.717) is 45.1 Å². The maximum atomic E-state index is 10.6. The van der Waals surface area contributed by atoms with E-state index in [1.54, 1.807) is 41.1 Å². The Balaban J connectivity index is 0.0000106. The van der Waals surface area contributed by atoms with E-state index in [4.69, 9.17) is 17.9 Å². The zero-order valence-electron chi connectivity index (χ0n) is 74.4. The number of imidazole rings is 1. The summed E-state index contributed by atoms with van der Waals surface area (Å²) in [6, 6.07) is 53.1. The second-order valence-electron chi connectivity index (χ2n) is 30.3. The van der Waals surface area contributed by atoms with E-state index in [1.165, 1.54) is 5.56 Å². The van der Waals surface area contributed by atoms with Crippen LogP contribution in [0, 0.1) is 18.5 Å². The Labute approximate surface area is 599 Å². The molecular formula is C88H88N4OPt-2. The van der Waals surface area contributed by atoms with Crippen LogP contribution in [-0.2, 0) is 59.0 Å². The van der Waals surface area contributed by atoms with Gasteiger partial charge in [-0.3, -0.25) is 4.57 Å². The van der Waals surface area contributed by atoms with Gasteiger partial charge in [0.05, 0.1) is 20.8 Å². The summed E-state index contributed by atoms with van der Waals surface area (Å²) in [5.74, 6) is 1.22. The third-order valence-electron chi connectivity index (χ3n) is 19.7. The van der Waals surface area contributed by atoms with Crippen molar-refractivity contribution < 1.29 is 56.4 Å².